The molecule has 1 aromatic rings. The molecule has 1 aromatic carbocycles. The minimum Gasteiger partial charge on any atom is -0.507 e. The number of carbonyl (C=O) groups is 2. The third-order valence-corrected chi connectivity index (χ3v) is 3.60. The molecule has 0 unspecified atom stereocenters. The van der Waals surface area contributed by atoms with Crippen molar-refractivity contribution < 1.29 is 14.7 Å². The summed E-state index contributed by atoms with van der Waals surface area (Å²) in [5.74, 6) is -0.907. The number of thiocarbonyl (C=S) groups is 1. The van der Waals surface area contributed by atoms with E-state index in [0.29, 0.717) is 10.0 Å². The van der Waals surface area contributed by atoms with Crippen LogP contribution in [0.3, 0.4) is 0 Å². The normalized spacial score (nSPS) is 17.9. The average molecular weight is 341 g/mol. The Morgan fingerprint density at radius 1 is 1.42 bits per heavy atom. The van der Waals surface area contributed by atoms with Gasteiger partial charge in [0.25, 0.3) is 11.8 Å². The Morgan fingerprint density at radius 3 is 2.74 bits per heavy atom. The smallest absolute Gasteiger partial charge is 0.265 e. The van der Waals surface area contributed by atoms with Gasteiger partial charge in [0, 0.05) is 7.05 Å². The fourth-order valence-corrected chi connectivity index (χ4v) is 2.10. The molecule has 2 N–H and O–H groups in total. The van der Waals surface area contributed by atoms with Gasteiger partial charge in [0.15, 0.2) is 5.11 Å². The lowest BCUT2D eigenvalue weighted by atomic mass is 10.1. The number of rotatable bonds is 1. The first-order chi connectivity index (χ1) is 8.90. The number of hydrogen-bond acceptors (Lipinski definition) is 4. The lowest BCUT2D eigenvalue weighted by Crippen LogP contribution is -2.52. The number of amides is 2. The van der Waals surface area contributed by atoms with Crippen LogP contribution in [0.25, 0.3) is 6.08 Å². The van der Waals surface area contributed by atoms with Crippen molar-refractivity contribution in [1.82, 2.24) is 10.2 Å². The van der Waals surface area contributed by atoms with Crippen LogP contribution in [0.4, 0.5) is 0 Å². The molecule has 0 bridgehead atoms. The molecular formula is C12H9BrN2O3S. The van der Waals surface area contributed by atoms with Crippen molar-refractivity contribution >= 4 is 51.2 Å². The Labute approximate surface area is 123 Å². The van der Waals surface area contributed by atoms with Gasteiger partial charge in [0.2, 0.25) is 0 Å². The standard InChI is InChI=1S/C12H9BrN2O3S/c1-15-11(18)7(10(17)14-12(15)19)4-6-2-3-9(16)8(13)5-6/h2-5,16H,1H3,(H,14,17,19). The number of nitrogens with one attached hydrogen (secondary N) is 1. The minimum atomic E-state index is -0.530. The number of phenolic OH excluding ortho intramolecular Hbond substituents is 1. The molecule has 5 nitrogen and oxygen atoms in total. The number of carbonyl (C=O) groups excluding carboxylic acids is 2. The molecule has 19 heavy (non-hydrogen) atoms. The molecule has 0 spiro atoms. The van der Waals surface area contributed by atoms with Crippen LogP contribution in [0.1, 0.15) is 5.56 Å². The highest BCUT2D eigenvalue weighted by atomic mass is 79.9. The topological polar surface area (TPSA) is 69.6 Å². The zero-order chi connectivity index (χ0) is 14.2. The number of likely N-dealkylation sites (N-methyl/N-ethyl adjacent to an activating group) is 1. The van der Waals surface area contributed by atoms with Crippen molar-refractivity contribution in [2.24, 2.45) is 0 Å². The molecule has 2 rings (SSSR count). The molecule has 7 heteroatoms. The largest absolute Gasteiger partial charge is 0.507 e. The number of halogens is 1. The van der Waals surface area contributed by atoms with Crippen LogP contribution in [0.15, 0.2) is 28.2 Å². The van der Waals surface area contributed by atoms with Gasteiger partial charge in [0.05, 0.1) is 4.47 Å². The molecule has 1 aliphatic rings. The summed E-state index contributed by atoms with van der Waals surface area (Å²) in [6, 6.07) is 4.67. The molecule has 0 saturated carbocycles. The van der Waals surface area contributed by atoms with Crippen LogP contribution in [0.5, 0.6) is 5.75 Å². The summed E-state index contributed by atoms with van der Waals surface area (Å²) >= 11 is 8.01. The number of phenols is 1. The molecule has 1 aliphatic heterocycles. The van der Waals surface area contributed by atoms with E-state index >= 15 is 0 Å². The second kappa shape index (κ2) is 5.10. The van der Waals surface area contributed by atoms with Crippen molar-refractivity contribution in [3.63, 3.8) is 0 Å². The Morgan fingerprint density at radius 2 is 2.11 bits per heavy atom. The summed E-state index contributed by atoms with van der Waals surface area (Å²) in [6.07, 6.45) is 1.44. The van der Waals surface area contributed by atoms with Crippen LogP contribution in [-0.2, 0) is 9.59 Å². The van der Waals surface area contributed by atoms with Gasteiger partial charge >= 0.3 is 0 Å². The maximum atomic E-state index is 12.0. The fourth-order valence-electron chi connectivity index (χ4n) is 1.53. The highest BCUT2D eigenvalue weighted by Gasteiger charge is 2.30. The molecule has 0 radical (unpaired) electrons. The monoisotopic (exact) mass is 340 g/mol. The van der Waals surface area contributed by atoms with Crippen molar-refractivity contribution in [1.29, 1.82) is 0 Å². The van der Waals surface area contributed by atoms with E-state index in [9.17, 15) is 14.7 Å². The Kier molecular flexibility index (Phi) is 3.68. The summed E-state index contributed by atoms with van der Waals surface area (Å²) in [5.41, 5.74) is 0.609. The molecule has 0 atom stereocenters. The van der Waals surface area contributed by atoms with Crippen LogP contribution < -0.4 is 5.32 Å². The van der Waals surface area contributed by atoms with E-state index in [1.54, 1.807) is 12.1 Å². The van der Waals surface area contributed by atoms with E-state index in [2.05, 4.69) is 21.2 Å². The zero-order valence-corrected chi connectivity index (χ0v) is 12.2. The number of aromatic hydroxyl groups is 1. The fraction of sp³-hybridized carbons (Fsp3) is 0.0833. The van der Waals surface area contributed by atoms with Crippen molar-refractivity contribution in [2.75, 3.05) is 7.05 Å². The molecule has 98 valence electrons. The maximum Gasteiger partial charge on any atom is 0.265 e. The minimum absolute atomic E-state index is 0.00584. The predicted octanol–water partition coefficient (Wildman–Crippen LogP) is 1.41. The molecule has 0 aliphatic carbocycles. The van der Waals surface area contributed by atoms with Gasteiger partial charge in [0.1, 0.15) is 11.3 Å². The molecule has 1 fully saturated rings. The Bertz CT molecular complexity index is 627. The van der Waals surface area contributed by atoms with Crippen LogP contribution in [-0.4, -0.2) is 34.0 Å². The van der Waals surface area contributed by atoms with Gasteiger partial charge < -0.3 is 5.11 Å². The predicted molar refractivity (Wildman–Crippen MR) is 77.3 cm³/mol. The maximum absolute atomic E-state index is 12.0. The first-order valence-corrected chi connectivity index (χ1v) is 6.44. The zero-order valence-electron chi connectivity index (χ0n) is 9.81. The van der Waals surface area contributed by atoms with Gasteiger partial charge in [-0.3, -0.25) is 19.8 Å². The first-order valence-electron chi connectivity index (χ1n) is 5.23. The van der Waals surface area contributed by atoms with Gasteiger partial charge in [-0.25, -0.2) is 0 Å². The molecule has 1 saturated heterocycles. The summed E-state index contributed by atoms with van der Waals surface area (Å²) in [7, 11) is 1.49. The van der Waals surface area contributed by atoms with E-state index in [0.717, 1.165) is 0 Å². The summed E-state index contributed by atoms with van der Waals surface area (Å²) in [5, 5.41) is 11.9. The van der Waals surface area contributed by atoms with Crippen molar-refractivity contribution in [3.05, 3.63) is 33.8 Å². The van der Waals surface area contributed by atoms with Crippen LogP contribution in [0.2, 0.25) is 0 Å². The Balaban J connectivity index is 2.41. The second-order valence-corrected chi connectivity index (χ2v) is 5.13. The number of hydrogen-bond donors (Lipinski definition) is 2. The van der Waals surface area contributed by atoms with E-state index in [1.165, 1.54) is 24.1 Å². The third kappa shape index (κ3) is 2.66. The lowest BCUT2D eigenvalue weighted by molar-refractivity contribution is -0.128. The van der Waals surface area contributed by atoms with Crippen molar-refractivity contribution in [2.45, 2.75) is 0 Å². The second-order valence-electron chi connectivity index (χ2n) is 3.89. The summed E-state index contributed by atoms with van der Waals surface area (Å²) in [6.45, 7) is 0. The van der Waals surface area contributed by atoms with E-state index < -0.39 is 11.8 Å². The molecule has 2 amide bonds. The SMILES string of the molecule is CN1C(=O)C(=Cc2ccc(O)c(Br)c2)C(=O)NC1=S. The van der Waals surface area contributed by atoms with E-state index in [-0.39, 0.29) is 16.4 Å². The molecule has 1 heterocycles. The van der Waals surface area contributed by atoms with Gasteiger partial charge in [-0.05, 0) is 51.9 Å². The van der Waals surface area contributed by atoms with Gasteiger partial charge in [-0.15, -0.1) is 0 Å². The molecular weight excluding hydrogens is 332 g/mol. The van der Waals surface area contributed by atoms with Crippen LogP contribution in [0, 0.1) is 0 Å². The summed E-state index contributed by atoms with van der Waals surface area (Å²) in [4.78, 5) is 24.9. The highest BCUT2D eigenvalue weighted by Crippen LogP contribution is 2.25. The number of benzene rings is 1. The van der Waals surface area contributed by atoms with Crippen molar-refractivity contribution in [3.8, 4) is 5.75 Å². The van der Waals surface area contributed by atoms with E-state index in [4.69, 9.17) is 12.2 Å². The van der Waals surface area contributed by atoms with Gasteiger partial charge in [-0.1, -0.05) is 6.07 Å². The van der Waals surface area contributed by atoms with Gasteiger partial charge in [-0.2, -0.15) is 0 Å². The van der Waals surface area contributed by atoms with E-state index in [1.807, 2.05) is 0 Å². The average Bonchev–Trinajstić information content (AvgIpc) is 2.36. The number of nitrogens with zero attached hydrogens (tertiary/aromatic N) is 1. The van der Waals surface area contributed by atoms with Crippen LogP contribution >= 0.6 is 28.1 Å². The quantitative estimate of drug-likeness (QED) is 0.460. The summed E-state index contributed by atoms with van der Waals surface area (Å²) < 4.78 is 0.481. The lowest BCUT2D eigenvalue weighted by Gasteiger charge is -2.25. The third-order valence-electron chi connectivity index (χ3n) is 2.59. The highest BCUT2D eigenvalue weighted by molar-refractivity contribution is 9.10. The first kappa shape index (κ1) is 13.7. The Hall–Kier alpha value is -1.73. The molecule has 0 aromatic heterocycles.